The number of piperazine rings is 1. The van der Waals surface area contributed by atoms with E-state index >= 15 is 0 Å². The molecule has 1 aliphatic rings. The van der Waals surface area contributed by atoms with E-state index in [1.54, 1.807) is 18.2 Å². The molecule has 0 amide bonds. The Morgan fingerprint density at radius 1 is 1.09 bits per heavy atom. The summed E-state index contributed by atoms with van der Waals surface area (Å²) >= 11 is 0. The number of anilines is 3. The molecule has 0 bridgehead atoms. The average molecular weight is 467 g/mol. The first kappa shape index (κ1) is 22.6. The molecule has 2 aromatic carbocycles. The molecule has 1 atom stereocenters. The summed E-state index contributed by atoms with van der Waals surface area (Å²) in [6, 6.07) is 17.7. The highest BCUT2D eigenvalue weighted by atomic mass is 32.2. The lowest BCUT2D eigenvalue weighted by Crippen LogP contribution is -2.52. The maximum Gasteiger partial charge on any atom is 0.337 e. The Labute approximate surface area is 193 Å². The molecule has 0 unspecified atom stereocenters. The third kappa shape index (κ3) is 4.93. The lowest BCUT2D eigenvalue weighted by molar-refractivity contribution is 0.0696. The van der Waals surface area contributed by atoms with Gasteiger partial charge in [0.25, 0.3) is 10.0 Å². The minimum atomic E-state index is -3.91. The van der Waals surface area contributed by atoms with Gasteiger partial charge >= 0.3 is 5.97 Å². The lowest BCUT2D eigenvalue weighted by Gasteiger charge is -2.42. The van der Waals surface area contributed by atoms with Crippen LogP contribution in [0.1, 0.15) is 22.8 Å². The number of pyridine rings is 1. The first-order valence-electron chi connectivity index (χ1n) is 10.6. The molecule has 2 N–H and O–H groups in total. The van der Waals surface area contributed by atoms with Crippen molar-refractivity contribution in [2.45, 2.75) is 24.8 Å². The Morgan fingerprint density at radius 3 is 2.52 bits per heavy atom. The third-order valence-corrected chi connectivity index (χ3v) is 7.05. The molecule has 0 spiro atoms. The van der Waals surface area contributed by atoms with Crippen molar-refractivity contribution in [1.82, 2.24) is 4.98 Å². The van der Waals surface area contributed by atoms with E-state index in [9.17, 15) is 18.3 Å². The zero-order valence-electron chi connectivity index (χ0n) is 18.5. The van der Waals surface area contributed by atoms with Crippen LogP contribution in [0.3, 0.4) is 0 Å². The summed E-state index contributed by atoms with van der Waals surface area (Å²) in [5.41, 5.74) is 2.39. The zero-order valence-corrected chi connectivity index (χ0v) is 19.3. The Bertz CT molecular complexity index is 1260. The number of benzene rings is 2. The summed E-state index contributed by atoms with van der Waals surface area (Å²) in [4.78, 5) is 20.3. The van der Waals surface area contributed by atoms with Crippen LogP contribution in [0.15, 0.2) is 71.8 Å². The molecule has 0 aliphatic carbocycles. The largest absolute Gasteiger partial charge is 0.478 e. The van der Waals surface area contributed by atoms with Crippen LogP contribution in [0.25, 0.3) is 0 Å². The minimum Gasteiger partial charge on any atom is -0.478 e. The summed E-state index contributed by atoms with van der Waals surface area (Å²) in [5.74, 6) is -0.762. The molecule has 3 aromatic rings. The predicted octanol–water partition coefficient (Wildman–Crippen LogP) is 3.60. The van der Waals surface area contributed by atoms with Crippen molar-refractivity contribution >= 4 is 33.2 Å². The highest BCUT2D eigenvalue weighted by molar-refractivity contribution is 7.92. The molecule has 1 aliphatic heterocycles. The fraction of sp³-hybridized carbons (Fsp3) is 0.250. The smallest absolute Gasteiger partial charge is 0.337 e. The second-order valence-electron chi connectivity index (χ2n) is 8.15. The number of carbonyl (C=O) groups is 1. The quantitative estimate of drug-likeness (QED) is 0.572. The number of aryl methyl sites for hydroxylation is 1. The van der Waals surface area contributed by atoms with E-state index in [-0.39, 0.29) is 22.2 Å². The first-order chi connectivity index (χ1) is 15.7. The van der Waals surface area contributed by atoms with Crippen molar-refractivity contribution < 1.29 is 18.3 Å². The molecule has 172 valence electrons. The Balaban J connectivity index is 1.63. The third-order valence-electron chi connectivity index (χ3n) is 5.67. The number of carboxylic acid groups (broad SMARTS) is 1. The van der Waals surface area contributed by atoms with Crippen molar-refractivity contribution in [2.24, 2.45) is 0 Å². The molecule has 2 heterocycles. The summed E-state index contributed by atoms with van der Waals surface area (Å²) in [6.45, 7) is 6.10. The molecular formula is C24H26N4O4S. The van der Waals surface area contributed by atoms with Crippen LogP contribution in [0, 0.1) is 6.92 Å². The van der Waals surface area contributed by atoms with Gasteiger partial charge in [0.2, 0.25) is 0 Å². The van der Waals surface area contributed by atoms with Crippen LogP contribution >= 0.6 is 0 Å². The van der Waals surface area contributed by atoms with Gasteiger partial charge in [0.05, 0.1) is 16.1 Å². The van der Waals surface area contributed by atoms with Gasteiger partial charge in [-0.15, -0.1) is 0 Å². The summed E-state index contributed by atoms with van der Waals surface area (Å²) < 4.78 is 28.4. The molecule has 1 saturated heterocycles. The standard InChI is InChI=1S/C24H26N4O4S/c1-17-7-6-8-20(13-17)28-12-11-27(16-18(28)2)23-22(14-19(15-25-23)24(29)30)26-33(31,32)21-9-4-3-5-10-21/h3-10,13-15,18,26H,11-12,16H2,1-2H3,(H,29,30)/t18-/m1/s1. The Hall–Kier alpha value is -3.59. The second-order valence-corrected chi connectivity index (χ2v) is 9.83. The molecule has 0 saturated carbocycles. The number of aromatic carboxylic acids is 1. The van der Waals surface area contributed by atoms with Gasteiger partial charge in [-0.2, -0.15) is 0 Å². The maximum atomic E-state index is 12.9. The van der Waals surface area contributed by atoms with E-state index in [2.05, 4.69) is 46.7 Å². The van der Waals surface area contributed by atoms with Gasteiger partial charge in [0.15, 0.2) is 5.82 Å². The molecule has 1 aromatic heterocycles. The Kier molecular flexibility index (Phi) is 6.24. The number of hydrogen-bond acceptors (Lipinski definition) is 6. The van der Waals surface area contributed by atoms with Gasteiger partial charge in [0.1, 0.15) is 0 Å². The molecule has 0 radical (unpaired) electrons. The monoisotopic (exact) mass is 466 g/mol. The van der Waals surface area contributed by atoms with Crippen LogP contribution in [-0.2, 0) is 10.0 Å². The van der Waals surface area contributed by atoms with Gasteiger partial charge < -0.3 is 14.9 Å². The second kappa shape index (κ2) is 9.11. The topological polar surface area (TPSA) is 103 Å². The average Bonchev–Trinajstić information content (AvgIpc) is 2.79. The summed E-state index contributed by atoms with van der Waals surface area (Å²) in [6.07, 6.45) is 1.26. The van der Waals surface area contributed by atoms with Crippen LogP contribution in [0.4, 0.5) is 17.2 Å². The number of aromatic nitrogens is 1. The van der Waals surface area contributed by atoms with Crippen molar-refractivity contribution in [3.63, 3.8) is 0 Å². The van der Waals surface area contributed by atoms with Crippen molar-refractivity contribution in [3.05, 3.63) is 78.0 Å². The van der Waals surface area contributed by atoms with Crippen molar-refractivity contribution in [2.75, 3.05) is 34.2 Å². The predicted molar refractivity (Wildman–Crippen MR) is 129 cm³/mol. The SMILES string of the molecule is Cc1cccc(N2CCN(c3ncc(C(=O)O)cc3NS(=O)(=O)c3ccccc3)C[C@H]2C)c1. The molecule has 4 rings (SSSR count). The summed E-state index contributed by atoms with van der Waals surface area (Å²) in [5, 5.41) is 9.41. The van der Waals surface area contributed by atoms with E-state index in [0.29, 0.717) is 18.9 Å². The van der Waals surface area contributed by atoms with Crippen LogP contribution < -0.4 is 14.5 Å². The molecule has 8 nitrogen and oxygen atoms in total. The van der Waals surface area contributed by atoms with Gasteiger partial charge in [0, 0.05) is 37.6 Å². The molecule has 9 heteroatoms. The van der Waals surface area contributed by atoms with Crippen molar-refractivity contribution in [3.8, 4) is 0 Å². The normalized spacial score (nSPS) is 16.5. The molecular weight excluding hydrogens is 440 g/mol. The number of rotatable bonds is 6. The number of nitrogens with zero attached hydrogens (tertiary/aromatic N) is 3. The number of nitrogens with one attached hydrogen (secondary N) is 1. The van der Waals surface area contributed by atoms with Crippen molar-refractivity contribution in [1.29, 1.82) is 0 Å². The van der Waals surface area contributed by atoms with Gasteiger partial charge in [-0.3, -0.25) is 4.72 Å². The van der Waals surface area contributed by atoms with Crippen LogP contribution in [0.5, 0.6) is 0 Å². The van der Waals surface area contributed by atoms with E-state index < -0.39 is 16.0 Å². The Morgan fingerprint density at radius 2 is 1.85 bits per heavy atom. The number of sulfonamides is 1. The van der Waals surface area contributed by atoms with Crippen LogP contribution in [0.2, 0.25) is 0 Å². The fourth-order valence-electron chi connectivity index (χ4n) is 4.05. The molecule has 1 fully saturated rings. The van der Waals surface area contributed by atoms with E-state index in [4.69, 9.17) is 0 Å². The lowest BCUT2D eigenvalue weighted by atomic mass is 10.1. The highest BCUT2D eigenvalue weighted by Gasteiger charge is 2.28. The highest BCUT2D eigenvalue weighted by Crippen LogP contribution is 2.30. The van der Waals surface area contributed by atoms with Gasteiger partial charge in [-0.05, 0) is 49.7 Å². The van der Waals surface area contributed by atoms with E-state index in [1.807, 2.05) is 11.0 Å². The number of carboxylic acids is 1. The van der Waals surface area contributed by atoms with E-state index in [0.717, 1.165) is 12.2 Å². The summed E-state index contributed by atoms with van der Waals surface area (Å²) in [7, 11) is -3.91. The zero-order chi connectivity index (χ0) is 23.6. The van der Waals surface area contributed by atoms with Gasteiger partial charge in [-0.1, -0.05) is 30.3 Å². The van der Waals surface area contributed by atoms with Gasteiger partial charge in [-0.25, -0.2) is 18.2 Å². The minimum absolute atomic E-state index is 0.0871. The first-order valence-corrected chi connectivity index (χ1v) is 12.1. The number of hydrogen-bond donors (Lipinski definition) is 2. The van der Waals surface area contributed by atoms with Crippen LogP contribution in [-0.4, -0.2) is 50.2 Å². The maximum absolute atomic E-state index is 12.9. The fourth-order valence-corrected chi connectivity index (χ4v) is 5.12. The van der Waals surface area contributed by atoms with E-state index in [1.165, 1.54) is 30.0 Å². The molecule has 33 heavy (non-hydrogen) atoms.